The third-order valence-corrected chi connectivity index (χ3v) is 4.94. The molecule has 7 heteroatoms. The Morgan fingerprint density at radius 2 is 1.95 bits per heavy atom. The van der Waals surface area contributed by atoms with E-state index in [4.69, 9.17) is 10.9 Å². The fourth-order valence-corrected chi connectivity index (χ4v) is 2.95. The molecule has 0 aliphatic carbocycles. The molecule has 3 N–H and O–H groups in total. The minimum atomic E-state index is -3.57. The highest BCUT2D eigenvalue weighted by Crippen LogP contribution is 2.18. The number of amidine groups is 1. The van der Waals surface area contributed by atoms with E-state index in [1.807, 2.05) is 6.92 Å². The van der Waals surface area contributed by atoms with Crippen LogP contribution < -0.4 is 5.73 Å². The Hall–Kier alpha value is -1.60. The molecule has 0 aliphatic heterocycles. The van der Waals surface area contributed by atoms with Crippen molar-refractivity contribution in [3.8, 4) is 0 Å². The fraction of sp³-hybridized carbons (Fsp3) is 0.417. The van der Waals surface area contributed by atoms with Gasteiger partial charge in [-0.3, -0.25) is 0 Å². The Balaban J connectivity index is 2.96. The van der Waals surface area contributed by atoms with E-state index in [1.165, 1.54) is 11.4 Å². The summed E-state index contributed by atoms with van der Waals surface area (Å²) in [5.74, 6) is -0.00143. The first-order valence-corrected chi connectivity index (χ1v) is 7.24. The van der Waals surface area contributed by atoms with E-state index in [0.717, 1.165) is 5.56 Å². The summed E-state index contributed by atoms with van der Waals surface area (Å²) >= 11 is 0. The predicted octanol–water partition coefficient (Wildman–Crippen LogP) is 1.14. The topological polar surface area (TPSA) is 96.0 Å². The molecule has 106 valence electrons. The van der Waals surface area contributed by atoms with Crippen molar-refractivity contribution in [3.63, 3.8) is 0 Å². The van der Waals surface area contributed by atoms with E-state index in [1.54, 1.807) is 31.2 Å². The molecule has 1 aromatic rings. The molecule has 0 fully saturated rings. The number of nitrogens with zero attached hydrogens (tertiary/aromatic N) is 2. The van der Waals surface area contributed by atoms with Crippen LogP contribution in [-0.4, -0.2) is 36.9 Å². The van der Waals surface area contributed by atoms with Crippen LogP contribution in [0.5, 0.6) is 0 Å². The van der Waals surface area contributed by atoms with Crippen LogP contribution in [0.1, 0.15) is 18.9 Å². The van der Waals surface area contributed by atoms with Gasteiger partial charge in [-0.2, -0.15) is 4.31 Å². The molecule has 0 aliphatic rings. The standard InChI is InChI=1S/C12H19N3O3S/c1-9-4-6-11(7-5-9)19(17,18)15(3)10(2)8-12(13)14-16/h4-7,10,16H,8H2,1-3H3,(H2,13,14). The van der Waals surface area contributed by atoms with Crippen LogP contribution in [0, 0.1) is 6.92 Å². The second-order valence-corrected chi connectivity index (χ2v) is 6.48. The van der Waals surface area contributed by atoms with Gasteiger partial charge in [-0.15, -0.1) is 0 Å². The number of rotatable bonds is 5. The molecule has 0 amide bonds. The van der Waals surface area contributed by atoms with E-state index < -0.39 is 16.1 Å². The quantitative estimate of drug-likeness (QED) is 0.367. The lowest BCUT2D eigenvalue weighted by Crippen LogP contribution is -2.37. The van der Waals surface area contributed by atoms with Gasteiger partial charge in [0, 0.05) is 19.5 Å². The number of oxime groups is 1. The molecular weight excluding hydrogens is 266 g/mol. The number of hydrogen-bond acceptors (Lipinski definition) is 4. The number of nitrogens with two attached hydrogens (primary N) is 1. The lowest BCUT2D eigenvalue weighted by Gasteiger charge is -2.23. The van der Waals surface area contributed by atoms with Gasteiger partial charge < -0.3 is 10.9 Å². The molecular formula is C12H19N3O3S. The summed E-state index contributed by atoms with van der Waals surface area (Å²) in [6, 6.07) is 6.22. The van der Waals surface area contributed by atoms with E-state index in [-0.39, 0.29) is 17.2 Å². The van der Waals surface area contributed by atoms with Crippen molar-refractivity contribution in [2.45, 2.75) is 31.2 Å². The first kappa shape index (κ1) is 15.5. The second kappa shape index (κ2) is 6.03. The minimum Gasteiger partial charge on any atom is -0.409 e. The van der Waals surface area contributed by atoms with Gasteiger partial charge in [0.2, 0.25) is 10.0 Å². The van der Waals surface area contributed by atoms with Crippen LogP contribution in [0.3, 0.4) is 0 Å². The Morgan fingerprint density at radius 1 is 1.42 bits per heavy atom. The Bertz CT molecular complexity index is 552. The first-order chi connectivity index (χ1) is 8.78. The van der Waals surface area contributed by atoms with Crippen molar-refractivity contribution in [1.29, 1.82) is 0 Å². The summed E-state index contributed by atoms with van der Waals surface area (Å²) in [6.07, 6.45) is 0.165. The third-order valence-electron chi connectivity index (χ3n) is 2.95. The van der Waals surface area contributed by atoms with Crippen molar-refractivity contribution in [2.75, 3.05) is 7.05 Å². The third kappa shape index (κ3) is 3.68. The average molecular weight is 285 g/mol. The maximum absolute atomic E-state index is 12.3. The summed E-state index contributed by atoms with van der Waals surface area (Å²) in [7, 11) is -2.09. The molecule has 0 spiro atoms. The zero-order valence-electron chi connectivity index (χ0n) is 11.2. The fourth-order valence-electron chi connectivity index (χ4n) is 1.59. The molecule has 0 saturated carbocycles. The predicted molar refractivity (Wildman–Crippen MR) is 73.6 cm³/mol. The number of benzene rings is 1. The van der Waals surface area contributed by atoms with Crippen molar-refractivity contribution in [2.24, 2.45) is 10.9 Å². The molecule has 6 nitrogen and oxygen atoms in total. The Labute approximate surface area is 113 Å². The minimum absolute atomic E-state index is 0.00143. The number of hydrogen-bond donors (Lipinski definition) is 2. The zero-order valence-corrected chi connectivity index (χ0v) is 12.1. The van der Waals surface area contributed by atoms with E-state index in [2.05, 4.69) is 5.16 Å². The molecule has 0 saturated heterocycles. The summed E-state index contributed by atoms with van der Waals surface area (Å²) in [5.41, 5.74) is 6.38. The Kier molecular flexibility index (Phi) is 4.90. The van der Waals surface area contributed by atoms with Crippen LogP contribution in [0.15, 0.2) is 34.3 Å². The lowest BCUT2D eigenvalue weighted by atomic mass is 10.2. The highest BCUT2D eigenvalue weighted by Gasteiger charge is 2.25. The van der Waals surface area contributed by atoms with Gasteiger partial charge in [0.1, 0.15) is 5.84 Å². The molecule has 0 aromatic heterocycles. The summed E-state index contributed by atoms with van der Waals surface area (Å²) < 4.78 is 25.9. The van der Waals surface area contributed by atoms with Gasteiger partial charge in [-0.25, -0.2) is 8.42 Å². The smallest absolute Gasteiger partial charge is 0.243 e. The summed E-state index contributed by atoms with van der Waals surface area (Å²) in [6.45, 7) is 3.59. The molecule has 1 atom stereocenters. The Morgan fingerprint density at radius 3 is 2.42 bits per heavy atom. The van der Waals surface area contributed by atoms with Crippen LogP contribution >= 0.6 is 0 Å². The highest BCUT2D eigenvalue weighted by molar-refractivity contribution is 7.89. The highest BCUT2D eigenvalue weighted by atomic mass is 32.2. The molecule has 0 bridgehead atoms. The molecule has 1 rings (SSSR count). The van der Waals surface area contributed by atoms with Crippen molar-refractivity contribution >= 4 is 15.9 Å². The molecule has 1 unspecified atom stereocenters. The zero-order chi connectivity index (χ0) is 14.6. The van der Waals surface area contributed by atoms with Gasteiger partial charge >= 0.3 is 0 Å². The maximum Gasteiger partial charge on any atom is 0.243 e. The van der Waals surface area contributed by atoms with Gasteiger partial charge in [-0.05, 0) is 26.0 Å². The molecule has 0 heterocycles. The van der Waals surface area contributed by atoms with Gasteiger partial charge in [0.05, 0.1) is 4.90 Å². The van der Waals surface area contributed by atoms with Crippen molar-refractivity contribution in [1.82, 2.24) is 4.31 Å². The van der Waals surface area contributed by atoms with E-state index in [9.17, 15) is 8.42 Å². The van der Waals surface area contributed by atoms with E-state index in [0.29, 0.717) is 0 Å². The van der Waals surface area contributed by atoms with Crippen LogP contribution in [-0.2, 0) is 10.0 Å². The summed E-state index contributed by atoms with van der Waals surface area (Å²) in [5, 5.41) is 11.4. The van der Waals surface area contributed by atoms with Crippen molar-refractivity contribution in [3.05, 3.63) is 29.8 Å². The number of aryl methyl sites for hydroxylation is 1. The second-order valence-electron chi connectivity index (χ2n) is 4.48. The monoisotopic (exact) mass is 285 g/mol. The van der Waals surface area contributed by atoms with Gasteiger partial charge in [-0.1, -0.05) is 22.9 Å². The normalized spacial score (nSPS) is 14.6. The molecule has 0 radical (unpaired) electrons. The maximum atomic E-state index is 12.3. The van der Waals surface area contributed by atoms with Crippen LogP contribution in [0.25, 0.3) is 0 Å². The van der Waals surface area contributed by atoms with Gasteiger partial charge in [0.15, 0.2) is 0 Å². The first-order valence-electron chi connectivity index (χ1n) is 5.80. The SMILES string of the molecule is Cc1ccc(S(=O)(=O)N(C)C(C)CC(N)=NO)cc1. The molecule has 19 heavy (non-hydrogen) atoms. The van der Waals surface area contributed by atoms with Crippen LogP contribution in [0.4, 0.5) is 0 Å². The molecule has 1 aromatic carbocycles. The largest absolute Gasteiger partial charge is 0.409 e. The van der Waals surface area contributed by atoms with Crippen molar-refractivity contribution < 1.29 is 13.6 Å². The lowest BCUT2D eigenvalue weighted by molar-refractivity contribution is 0.313. The number of sulfonamides is 1. The average Bonchev–Trinajstić information content (AvgIpc) is 2.38. The van der Waals surface area contributed by atoms with E-state index >= 15 is 0 Å². The van der Waals surface area contributed by atoms with Gasteiger partial charge in [0.25, 0.3) is 0 Å². The van der Waals surface area contributed by atoms with Crippen LogP contribution in [0.2, 0.25) is 0 Å². The summed E-state index contributed by atoms with van der Waals surface area (Å²) in [4.78, 5) is 0.229.